The monoisotopic (exact) mass is 264 g/mol. The maximum Gasteiger partial charge on any atom is 0.0120 e. The Balaban J connectivity index is 1.80. The zero-order valence-corrected chi connectivity index (χ0v) is 13.1. The van der Waals surface area contributed by atoms with Crippen molar-refractivity contribution in [2.45, 2.75) is 71.4 Å². The van der Waals surface area contributed by atoms with Gasteiger partial charge in [0.25, 0.3) is 0 Å². The molecule has 1 fully saturated rings. The predicted octanol–water partition coefficient (Wildman–Crippen LogP) is 3.59. The molecule has 0 saturated carbocycles. The van der Waals surface area contributed by atoms with Crippen LogP contribution in [0.3, 0.4) is 0 Å². The number of piperidine rings is 1. The molecule has 2 nitrogen and oxygen atoms in total. The Morgan fingerprint density at radius 2 is 2.16 bits per heavy atom. The average Bonchev–Trinajstić information content (AvgIpc) is 2.44. The summed E-state index contributed by atoms with van der Waals surface area (Å²) in [4.78, 5) is 2.72. The number of nitrogens with zero attached hydrogens (tertiary/aromatic N) is 1. The number of hydrogen-bond acceptors (Lipinski definition) is 2. The van der Waals surface area contributed by atoms with Crippen LogP contribution in [0.25, 0.3) is 0 Å². The van der Waals surface area contributed by atoms with Gasteiger partial charge in [-0.1, -0.05) is 25.5 Å². The first kappa shape index (κ1) is 15.1. The second kappa shape index (κ2) is 7.44. The molecule has 1 heterocycles. The fraction of sp³-hybridized carbons (Fsp3) is 0.882. The number of allylic oxidation sites excluding steroid dienone is 1. The van der Waals surface area contributed by atoms with Gasteiger partial charge >= 0.3 is 0 Å². The van der Waals surface area contributed by atoms with Crippen LogP contribution in [0.5, 0.6) is 0 Å². The molecule has 2 heteroatoms. The number of nitrogens with one attached hydrogen (secondary N) is 1. The summed E-state index contributed by atoms with van der Waals surface area (Å²) < 4.78 is 0. The summed E-state index contributed by atoms with van der Waals surface area (Å²) in [6.07, 6.45) is 10.6. The molecule has 0 spiro atoms. The van der Waals surface area contributed by atoms with Crippen molar-refractivity contribution in [1.29, 1.82) is 0 Å². The first-order valence-corrected chi connectivity index (χ1v) is 8.37. The van der Waals surface area contributed by atoms with Gasteiger partial charge in [0.15, 0.2) is 0 Å². The topological polar surface area (TPSA) is 15.3 Å². The molecule has 2 aliphatic rings. The predicted molar refractivity (Wildman–Crippen MR) is 83.4 cm³/mol. The molecule has 2 rings (SSSR count). The molecule has 19 heavy (non-hydrogen) atoms. The number of likely N-dealkylation sites (tertiary alicyclic amines) is 1. The van der Waals surface area contributed by atoms with Gasteiger partial charge in [-0.05, 0) is 64.5 Å². The number of rotatable bonds is 5. The van der Waals surface area contributed by atoms with Gasteiger partial charge < -0.3 is 5.32 Å². The molecule has 0 amide bonds. The van der Waals surface area contributed by atoms with Gasteiger partial charge in [-0.2, -0.15) is 0 Å². The van der Waals surface area contributed by atoms with E-state index >= 15 is 0 Å². The molecule has 0 bridgehead atoms. The van der Waals surface area contributed by atoms with Crippen molar-refractivity contribution in [3.05, 3.63) is 11.6 Å². The lowest BCUT2D eigenvalue weighted by Gasteiger charge is -2.43. The van der Waals surface area contributed by atoms with Crippen molar-refractivity contribution >= 4 is 0 Å². The Morgan fingerprint density at radius 3 is 2.84 bits per heavy atom. The van der Waals surface area contributed by atoms with Crippen LogP contribution in [0.2, 0.25) is 0 Å². The van der Waals surface area contributed by atoms with Gasteiger partial charge in [-0.25, -0.2) is 0 Å². The van der Waals surface area contributed by atoms with Crippen molar-refractivity contribution in [3.8, 4) is 0 Å². The van der Waals surface area contributed by atoms with E-state index in [2.05, 4.69) is 37.1 Å². The first-order chi connectivity index (χ1) is 9.22. The molecule has 3 unspecified atom stereocenters. The van der Waals surface area contributed by atoms with Crippen LogP contribution in [-0.4, -0.2) is 36.6 Å². The Kier molecular flexibility index (Phi) is 5.90. The van der Waals surface area contributed by atoms with Crippen LogP contribution in [-0.2, 0) is 0 Å². The summed E-state index contributed by atoms with van der Waals surface area (Å²) >= 11 is 0. The summed E-state index contributed by atoms with van der Waals surface area (Å²) in [5, 5.41) is 3.65. The van der Waals surface area contributed by atoms with Crippen LogP contribution in [0.4, 0.5) is 0 Å². The largest absolute Gasteiger partial charge is 0.314 e. The third kappa shape index (κ3) is 4.06. The maximum absolute atomic E-state index is 3.65. The second-order valence-corrected chi connectivity index (χ2v) is 6.45. The minimum atomic E-state index is 0.724. The minimum Gasteiger partial charge on any atom is -0.314 e. The minimum absolute atomic E-state index is 0.724. The summed E-state index contributed by atoms with van der Waals surface area (Å²) in [5.41, 5.74) is 1.72. The molecule has 1 aliphatic carbocycles. The van der Waals surface area contributed by atoms with Crippen LogP contribution >= 0.6 is 0 Å². The van der Waals surface area contributed by atoms with Crippen molar-refractivity contribution in [2.24, 2.45) is 5.92 Å². The third-order valence-corrected chi connectivity index (χ3v) is 5.27. The Morgan fingerprint density at radius 1 is 1.32 bits per heavy atom. The van der Waals surface area contributed by atoms with Crippen molar-refractivity contribution in [2.75, 3.05) is 19.6 Å². The second-order valence-electron chi connectivity index (χ2n) is 6.45. The molecule has 1 saturated heterocycles. The number of hydrogen-bond donors (Lipinski definition) is 1. The highest BCUT2D eigenvalue weighted by Gasteiger charge is 2.31. The van der Waals surface area contributed by atoms with E-state index in [4.69, 9.17) is 0 Å². The van der Waals surface area contributed by atoms with Gasteiger partial charge in [0.2, 0.25) is 0 Å². The zero-order valence-electron chi connectivity index (χ0n) is 13.1. The molecule has 0 aromatic carbocycles. The van der Waals surface area contributed by atoms with Gasteiger partial charge in [0.1, 0.15) is 0 Å². The molecular weight excluding hydrogens is 232 g/mol. The van der Waals surface area contributed by atoms with Crippen molar-refractivity contribution < 1.29 is 0 Å². The smallest absolute Gasteiger partial charge is 0.0120 e. The molecule has 0 aromatic heterocycles. The highest BCUT2D eigenvalue weighted by atomic mass is 15.2. The van der Waals surface area contributed by atoms with Crippen LogP contribution in [0.15, 0.2) is 11.6 Å². The van der Waals surface area contributed by atoms with E-state index in [1.54, 1.807) is 5.57 Å². The van der Waals surface area contributed by atoms with E-state index in [-0.39, 0.29) is 0 Å². The Hall–Kier alpha value is -0.340. The summed E-state index contributed by atoms with van der Waals surface area (Å²) in [7, 11) is 0. The van der Waals surface area contributed by atoms with Crippen LogP contribution in [0.1, 0.15) is 59.3 Å². The van der Waals surface area contributed by atoms with Gasteiger partial charge in [-0.15, -0.1) is 0 Å². The van der Waals surface area contributed by atoms with Gasteiger partial charge in [0, 0.05) is 18.6 Å². The normalized spacial score (nSPS) is 33.2. The Bertz CT molecular complexity index is 298. The van der Waals surface area contributed by atoms with Gasteiger partial charge in [0.05, 0.1) is 0 Å². The summed E-state index contributed by atoms with van der Waals surface area (Å²) in [6.45, 7) is 10.7. The third-order valence-electron chi connectivity index (χ3n) is 5.27. The molecule has 1 N–H and O–H groups in total. The quantitative estimate of drug-likeness (QED) is 0.764. The van der Waals surface area contributed by atoms with E-state index in [0.29, 0.717) is 0 Å². The van der Waals surface area contributed by atoms with E-state index in [9.17, 15) is 0 Å². The molecule has 3 atom stereocenters. The molecule has 0 radical (unpaired) electrons. The van der Waals surface area contributed by atoms with Crippen molar-refractivity contribution in [3.63, 3.8) is 0 Å². The Labute approximate surface area is 119 Å². The first-order valence-electron chi connectivity index (χ1n) is 8.37. The standard InChI is InChI=1S/C17H32N2/c1-4-18-17-11-13-19(15(3)14(17)2)12-10-16-8-6-5-7-9-16/h8,14-15,17-18H,4-7,9-13H2,1-3H3. The van der Waals surface area contributed by atoms with E-state index in [0.717, 1.165) is 24.5 Å². The average molecular weight is 264 g/mol. The molecule has 0 aromatic rings. The lowest BCUT2D eigenvalue weighted by atomic mass is 9.86. The lowest BCUT2D eigenvalue weighted by Crippen LogP contribution is -2.53. The van der Waals surface area contributed by atoms with E-state index < -0.39 is 0 Å². The van der Waals surface area contributed by atoms with E-state index in [1.165, 1.54) is 51.6 Å². The summed E-state index contributed by atoms with van der Waals surface area (Å²) in [5.74, 6) is 0.772. The highest BCUT2D eigenvalue weighted by Crippen LogP contribution is 2.26. The SMILES string of the molecule is CCNC1CCN(CCC2=CCCCC2)C(C)C1C. The molecule has 110 valence electrons. The van der Waals surface area contributed by atoms with Gasteiger partial charge in [-0.3, -0.25) is 4.90 Å². The zero-order chi connectivity index (χ0) is 13.7. The highest BCUT2D eigenvalue weighted by molar-refractivity contribution is 5.05. The summed E-state index contributed by atoms with van der Waals surface area (Å²) in [6, 6.07) is 1.45. The molecular formula is C17H32N2. The fourth-order valence-corrected chi connectivity index (χ4v) is 3.72. The maximum atomic E-state index is 3.65. The van der Waals surface area contributed by atoms with Crippen LogP contribution < -0.4 is 5.32 Å². The van der Waals surface area contributed by atoms with Crippen LogP contribution in [0, 0.1) is 5.92 Å². The molecule has 1 aliphatic heterocycles. The lowest BCUT2D eigenvalue weighted by molar-refractivity contribution is 0.0864. The van der Waals surface area contributed by atoms with Crippen molar-refractivity contribution in [1.82, 2.24) is 10.2 Å². The fourth-order valence-electron chi connectivity index (χ4n) is 3.72. The van der Waals surface area contributed by atoms with E-state index in [1.807, 2.05) is 0 Å².